The average Bonchev–Trinajstić information content (AvgIpc) is 2.40. The van der Waals surface area contributed by atoms with Gasteiger partial charge in [-0.1, -0.05) is 0 Å². The fraction of sp³-hybridized carbons (Fsp3) is 0.929. The van der Waals surface area contributed by atoms with Crippen molar-refractivity contribution in [3.63, 3.8) is 0 Å². The summed E-state index contributed by atoms with van der Waals surface area (Å²) >= 11 is 2.06. The first-order valence-electron chi connectivity index (χ1n) is 7.44. The summed E-state index contributed by atoms with van der Waals surface area (Å²) in [6.07, 6.45) is 4.57. The van der Waals surface area contributed by atoms with Gasteiger partial charge < -0.3 is 15.0 Å². The van der Waals surface area contributed by atoms with E-state index in [9.17, 15) is 4.79 Å². The SMILES string of the molecule is CC(C)OC(=O)N1CCC(NC2CCCSC2)CC1. The van der Waals surface area contributed by atoms with Crippen LogP contribution in [0.25, 0.3) is 0 Å². The van der Waals surface area contributed by atoms with Crippen LogP contribution >= 0.6 is 11.8 Å². The molecule has 0 aromatic carbocycles. The fourth-order valence-corrected chi connectivity index (χ4v) is 3.80. The zero-order chi connectivity index (χ0) is 13.7. The smallest absolute Gasteiger partial charge is 0.410 e. The average molecular weight is 286 g/mol. The van der Waals surface area contributed by atoms with Crippen LogP contribution in [0.2, 0.25) is 0 Å². The topological polar surface area (TPSA) is 41.6 Å². The summed E-state index contributed by atoms with van der Waals surface area (Å²) in [5.41, 5.74) is 0. The zero-order valence-electron chi connectivity index (χ0n) is 12.1. The molecule has 1 N–H and O–H groups in total. The van der Waals surface area contributed by atoms with E-state index in [0.717, 1.165) is 25.9 Å². The maximum atomic E-state index is 11.8. The van der Waals surface area contributed by atoms with Crippen LogP contribution in [0.3, 0.4) is 0 Å². The van der Waals surface area contributed by atoms with Gasteiger partial charge in [0.25, 0.3) is 0 Å². The molecule has 0 aliphatic carbocycles. The first-order valence-corrected chi connectivity index (χ1v) is 8.60. The quantitative estimate of drug-likeness (QED) is 0.865. The van der Waals surface area contributed by atoms with Crippen molar-refractivity contribution in [2.75, 3.05) is 24.6 Å². The number of ether oxygens (including phenoxy) is 1. The molecule has 2 fully saturated rings. The van der Waals surface area contributed by atoms with Gasteiger partial charge in [-0.25, -0.2) is 4.79 Å². The lowest BCUT2D eigenvalue weighted by Gasteiger charge is -2.35. The number of likely N-dealkylation sites (tertiary alicyclic amines) is 1. The van der Waals surface area contributed by atoms with E-state index in [1.54, 1.807) is 0 Å². The highest BCUT2D eigenvalue weighted by molar-refractivity contribution is 7.99. The zero-order valence-corrected chi connectivity index (χ0v) is 12.9. The molecule has 2 saturated heterocycles. The highest BCUT2D eigenvalue weighted by atomic mass is 32.2. The molecule has 0 bridgehead atoms. The minimum atomic E-state index is -0.151. The van der Waals surface area contributed by atoms with E-state index >= 15 is 0 Å². The minimum absolute atomic E-state index is 0.0254. The van der Waals surface area contributed by atoms with E-state index in [4.69, 9.17) is 4.74 Å². The van der Waals surface area contributed by atoms with Crippen molar-refractivity contribution in [3.8, 4) is 0 Å². The summed E-state index contributed by atoms with van der Waals surface area (Å²) in [6.45, 7) is 5.44. The van der Waals surface area contributed by atoms with Crippen molar-refractivity contribution in [2.24, 2.45) is 0 Å². The van der Waals surface area contributed by atoms with Gasteiger partial charge in [0, 0.05) is 30.9 Å². The van der Waals surface area contributed by atoms with Crippen LogP contribution in [0.5, 0.6) is 0 Å². The van der Waals surface area contributed by atoms with Crippen LogP contribution in [0, 0.1) is 0 Å². The molecule has 110 valence electrons. The molecule has 1 unspecified atom stereocenters. The van der Waals surface area contributed by atoms with Crippen LogP contribution < -0.4 is 5.32 Å². The lowest BCUT2D eigenvalue weighted by Crippen LogP contribution is -2.49. The van der Waals surface area contributed by atoms with E-state index in [-0.39, 0.29) is 12.2 Å². The molecule has 2 heterocycles. The Bertz CT molecular complexity index is 285. The predicted molar refractivity (Wildman–Crippen MR) is 79.7 cm³/mol. The lowest BCUT2D eigenvalue weighted by atomic mass is 10.0. The second kappa shape index (κ2) is 7.39. The van der Waals surface area contributed by atoms with Gasteiger partial charge in [-0.15, -0.1) is 0 Å². The van der Waals surface area contributed by atoms with Gasteiger partial charge in [0.2, 0.25) is 0 Å². The molecule has 0 radical (unpaired) electrons. The summed E-state index contributed by atoms with van der Waals surface area (Å²) in [6, 6.07) is 1.25. The standard InChI is InChI=1S/C14H26N2O2S/c1-11(2)18-14(17)16-7-5-12(6-8-16)15-13-4-3-9-19-10-13/h11-13,15H,3-10H2,1-2H3. The number of carbonyl (C=O) groups excluding carboxylic acids is 1. The van der Waals surface area contributed by atoms with Gasteiger partial charge in [0.15, 0.2) is 0 Å². The van der Waals surface area contributed by atoms with Crippen molar-refractivity contribution in [2.45, 2.75) is 57.7 Å². The fourth-order valence-electron chi connectivity index (χ4n) is 2.71. The van der Waals surface area contributed by atoms with Crippen LogP contribution in [0.15, 0.2) is 0 Å². The Hall–Kier alpha value is -0.420. The van der Waals surface area contributed by atoms with E-state index in [1.807, 2.05) is 18.7 Å². The molecule has 2 aliphatic heterocycles. The van der Waals surface area contributed by atoms with E-state index < -0.39 is 0 Å². The van der Waals surface area contributed by atoms with Gasteiger partial charge >= 0.3 is 6.09 Å². The first kappa shape index (κ1) is 15.0. The van der Waals surface area contributed by atoms with Crippen molar-refractivity contribution in [1.29, 1.82) is 0 Å². The van der Waals surface area contributed by atoms with E-state index in [0.29, 0.717) is 12.1 Å². The molecular formula is C14H26N2O2S. The summed E-state index contributed by atoms with van der Waals surface area (Å²) in [7, 11) is 0. The Morgan fingerprint density at radius 2 is 2.00 bits per heavy atom. The van der Waals surface area contributed by atoms with Crippen molar-refractivity contribution in [3.05, 3.63) is 0 Å². The molecule has 0 aromatic rings. The van der Waals surface area contributed by atoms with Crippen LogP contribution in [0.1, 0.15) is 39.5 Å². The Labute approximate surface area is 120 Å². The number of carbonyl (C=O) groups is 1. The molecular weight excluding hydrogens is 260 g/mol. The molecule has 0 aromatic heterocycles. The Kier molecular flexibility index (Phi) is 5.82. The molecule has 0 spiro atoms. The predicted octanol–water partition coefficient (Wildman–Crippen LogP) is 2.48. The number of piperidine rings is 1. The largest absolute Gasteiger partial charge is 0.447 e. The number of rotatable bonds is 3. The van der Waals surface area contributed by atoms with Gasteiger partial charge in [-0.05, 0) is 45.3 Å². The molecule has 5 heteroatoms. The lowest BCUT2D eigenvalue weighted by molar-refractivity contribution is 0.0673. The summed E-state index contributed by atoms with van der Waals surface area (Å²) < 4.78 is 5.24. The third kappa shape index (κ3) is 4.88. The molecule has 2 aliphatic rings. The first-order chi connectivity index (χ1) is 9.15. The van der Waals surface area contributed by atoms with Crippen molar-refractivity contribution >= 4 is 17.9 Å². The Balaban J connectivity index is 1.68. The second-order valence-electron chi connectivity index (χ2n) is 5.77. The molecule has 0 saturated carbocycles. The molecule has 2 rings (SSSR count). The summed E-state index contributed by atoms with van der Waals surface area (Å²) in [5, 5.41) is 3.76. The minimum Gasteiger partial charge on any atom is -0.447 e. The van der Waals surface area contributed by atoms with Crippen LogP contribution in [-0.2, 0) is 4.74 Å². The van der Waals surface area contributed by atoms with Gasteiger partial charge in [0.1, 0.15) is 0 Å². The van der Waals surface area contributed by atoms with Crippen molar-refractivity contribution < 1.29 is 9.53 Å². The van der Waals surface area contributed by atoms with Crippen LogP contribution in [0.4, 0.5) is 4.79 Å². The summed E-state index contributed by atoms with van der Waals surface area (Å²) in [5.74, 6) is 2.56. The highest BCUT2D eigenvalue weighted by Gasteiger charge is 2.26. The van der Waals surface area contributed by atoms with Gasteiger partial charge in [0.05, 0.1) is 6.10 Å². The van der Waals surface area contributed by atoms with Gasteiger partial charge in [-0.2, -0.15) is 11.8 Å². The molecule has 19 heavy (non-hydrogen) atoms. The monoisotopic (exact) mass is 286 g/mol. The van der Waals surface area contributed by atoms with Crippen LogP contribution in [-0.4, -0.2) is 53.8 Å². The number of amides is 1. The normalized spacial score (nSPS) is 25.6. The number of hydrogen-bond acceptors (Lipinski definition) is 4. The molecule has 4 nitrogen and oxygen atoms in total. The third-order valence-corrected chi connectivity index (χ3v) is 4.94. The Morgan fingerprint density at radius 1 is 1.26 bits per heavy atom. The highest BCUT2D eigenvalue weighted by Crippen LogP contribution is 2.19. The van der Waals surface area contributed by atoms with E-state index in [2.05, 4.69) is 17.1 Å². The maximum absolute atomic E-state index is 11.8. The number of nitrogens with one attached hydrogen (secondary N) is 1. The second-order valence-corrected chi connectivity index (χ2v) is 6.92. The third-order valence-electron chi connectivity index (χ3n) is 3.72. The number of thioether (sulfide) groups is 1. The number of nitrogens with zero attached hydrogens (tertiary/aromatic N) is 1. The maximum Gasteiger partial charge on any atom is 0.410 e. The van der Waals surface area contributed by atoms with E-state index in [1.165, 1.54) is 24.3 Å². The molecule has 1 atom stereocenters. The summed E-state index contributed by atoms with van der Waals surface area (Å²) in [4.78, 5) is 13.6. The molecule has 1 amide bonds. The number of hydrogen-bond donors (Lipinski definition) is 1. The van der Waals surface area contributed by atoms with Gasteiger partial charge in [-0.3, -0.25) is 0 Å². The Morgan fingerprint density at radius 3 is 2.58 bits per heavy atom. The van der Waals surface area contributed by atoms with Crippen molar-refractivity contribution in [1.82, 2.24) is 10.2 Å².